The second kappa shape index (κ2) is 9.82. The number of benzene rings is 1. The van der Waals surface area contributed by atoms with Crippen LogP contribution in [-0.2, 0) is 20.7 Å². The van der Waals surface area contributed by atoms with Crippen LogP contribution in [0.4, 0.5) is 4.79 Å². The zero-order valence-corrected chi connectivity index (χ0v) is 17.0. The highest BCUT2D eigenvalue weighted by atomic mass is 16.7. The van der Waals surface area contributed by atoms with Gasteiger partial charge in [-0.05, 0) is 50.3 Å². The first-order chi connectivity index (χ1) is 13.6. The molecule has 0 bridgehead atoms. The number of hydrogen-bond acceptors (Lipinski definition) is 7. The Morgan fingerprint density at radius 1 is 1.14 bits per heavy atom. The highest BCUT2D eigenvalue weighted by Crippen LogP contribution is 2.30. The molecule has 162 valence electrons. The van der Waals surface area contributed by atoms with E-state index in [-0.39, 0.29) is 24.0 Å². The van der Waals surface area contributed by atoms with Crippen molar-refractivity contribution in [2.45, 2.75) is 76.5 Å². The van der Waals surface area contributed by atoms with Crippen molar-refractivity contribution in [2.24, 2.45) is 11.7 Å². The van der Waals surface area contributed by atoms with Crippen LogP contribution in [0.2, 0.25) is 0 Å². The molecule has 8 heteroatoms. The molecule has 0 spiro atoms. The minimum absolute atomic E-state index is 0.122. The van der Waals surface area contributed by atoms with Gasteiger partial charge in [0.25, 0.3) is 0 Å². The first-order valence-corrected chi connectivity index (χ1v) is 10.0. The largest absolute Gasteiger partial charge is 0.508 e. The lowest BCUT2D eigenvalue weighted by Gasteiger charge is -2.34. The SMILES string of the molecule is C[C@H]([C@@H](C)OC(=O)OC1CCCCCC1)[C@](N)(Cc1ccc(O)c(O)c1)C(=O)O. The molecule has 5 N–H and O–H groups in total. The number of carbonyl (C=O) groups excluding carboxylic acids is 1. The molecule has 0 heterocycles. The van der Waals surface area contributed by atoms with Gasteiger partial charge in [0.1, 0.15) is 17.7 Å². The summed E-state index contributed by atoms with van der Waals surface area (Å²) in [6, 6.07) is 4.01. The van der Waals surface area contributed by atoms with Crippen LogP contribution in [0.3, 0.4) is 0 Å². The fourth-order valence-electron chi connectivity index (χ4n) is 3.64. The second-order valence-corrected chi connectivity index (χ2v) is 7.94. The first kappa shape index (κ1) is 22.8. The van der Waals surface area contributed by atoms with Crippen molar-refractivity contribution < 1.29 is 34.4 Å². The zero-order valence-electron chi connectivity index (χ0n) is 17.0. The van der Waals surface area contributed by atoms with Crippen molar-refractivity contribution in [3.8, 4) is 11.5 Å². The van der Waals surface area contributed by atoms with E-state index >= 15 is 0 Å². The van der Waals surface area contributed by atoms with Crippen LogP contribution in [0.25, 0.3) is 0 Å². The number of aromatic hydroxyl groups is 2. The smallest absolute Gasteiger partial charge is 0.504 e. The molecule has 8 nitrogen and oxygen atoms in total. The number of ether oxygens (including phenoxy) is 2. The quantitative estimate of drug-likeness (QED) is 0.305. The summed E-state index contributed by atoms with van der Waals surface area (Å²) in [5.74, 6) is -2.68. The number of carboxylic acid groups (broad SMARTS) is 1. The highest BCUT2D eigenvalue weighted by Gasteiger charge is 2.44. The van der Waals surface area contributed by atoms with Crippen LogP contribution in [-0.4, -0.2) is 45.2 Å². The maximum Gasteiger partial charge on any atom is 0.508 e. The predicted molar refractivity (Wildman–Crippen MR) is 106 cm³/mol. The van der Waals surface area contributed by atoms with E-state index in [9.17, 15) is 24.9 Å². The second-order valence-electron chi connectivity index (χ2n) is 7.94. The van der Waals surface area contributed by atoms with Gasteiger partial charge < -0.3 is 30.5 Å². The lowest BCUT2D eigenvalue weighted by atomic mass is 9.78. The Labute approximate surface area is 170 Å². The van der Waals surface area contributed by atoms with Crippen LogP contribution < -0.4 is 5.73 Å². The summed E-state index contributed by atoms with van der Waals surface area (Å²) in [6.07, 6.45) is 3.97. The highest BCUT2D eigenvalue weighted by molar-refractivity contribution is 5.79. The summed E-state index contributed by atoms with van der Waals surface area (Å²) in [5, 5.41) is 28.8. The average molecular weight is 409 g/mol. The van der Waals surface area contributed by atoms with Gasteiger partial charge in [-0.1, -0.05) is 25.8 Å². The number of hydrogen-bond donors (Lipinski definition) is 4. The number of rotatable bonds is 7. The molecule has 29 heavy (non-hydrogen) atoms. The third-order valence-corrected chi connectivity index (χ3v) is 5.80. The standard InChI is InChI=1S/C21H31NO7/c1-13(14(2)28-20(27)29-16-7-5-3-4-6-8-16)21(22,19(25)26)12-15-9-10-17(23)18(24)11-15/h9-11,13-14,16,23-24H,3-8,12,22H2,1-2H3,(H,25,26)/t13-,14-,21-/m1/s1. The Balaban J connectivity index is 2.03. The van der Waals surface area contributed by atoms with E-state index in [1.165, 1.54) is 18.2 Å². The zero-order chi connectivity index (χ0) is 21.6. The Kier molecular flexibility index (Phi) is 7.73. The van der Waals surface area contributed by atoms with Crippen molar-refractivity contribution >= 4 is 12.1 Å². The van der Waals surface area contributed by atoms with Gasteiger partial charge >= 0.3 is 12.1 Å². The maximum absolute atomic E-state index is 12.2. The lowest BCUT2D eigenvalue weighted by molar-refractivity contribution is -0.147. The van der Waals surface area contributed by atoms with Crippen molar-refractivity contribution in [1.82, 2.24) is 0 Å². The van der Waals surface area contributed by atoms with E-state index in [1.807, 2.05) is 0 Å². The Hall–Kier alpha value is -2.48. The molecular formula is C21H31NO7. The number of carbonyl (C=O) groups is 2. The molecule has 1 aliphatic rings. The van der Waals surface area contributed by atoms with Crippen molar-refractivity contribution in [3.05, 3.63) is 23.8 Å². The molecular weight excluding hydrogens is 378 g/mol. The average Bonchev–Trinajstić information content (AvgIpc) is 2.92. The van der Waals surface area contributed by atoms with E-state index in [1.54, 1.807) is 13.8 Å². The fraction of sp³-hybridized carbons (Fsp3) is 0.619. The van der Waals surface area contributed by atoms with E-state index < -0.39 is 29.7 Å². The Morgan fingerprint density at radius 2 is 1.76 bits per heavy atom. The van der Waals surface area contributed by atoms with E-state index in [0.717, 1.165) is 38.5 Å². The van der Waals surface area contributed by atoms with Crippen LogP contribution in [0.1, 0.15) is 57.9 Å². The van der Waals surface area contributed by atoms with Crippen molar-refractivity contribution in [3.63, 3.8) is 0 Å². The van der Waals surface area contributed by atoms with Gasteiger partial charge in [0.2, 0.25) is 0 Å². The van der Waals surface area contributed by atoms with Crippen LogP contribution in [0.5, 0.6) is 11.5 Å². The monoisotopic (exact) mass is 409 g/mol. The predicted octanol–water partition coefficient (Wildman–Crippen LogP) is 3.32. The third kappa shape index (κ3) is 6.00. The maximum atomic E-state index is 12.2. The summed E-state index contributed by atoms with van der Waals surface area (Å²) in [6.45, 7) is 3.18. The number of phenols is 2. The topological polar surface area (TPSA) is 139 Å². The summed E-state index contributed by atoms with van der Waals surface area (Å²) in [7, 11) is 0. The molecule has 0 unspecified atom stereocenters. The number of nitrogens with two attached hydrogens (primary N) is 1. The molecule has 2 rings (SSSR count). The molecule has 1 aromatic rings. The van der Waals surface area contributed by atoms with Gasteiger partial charge in [-0.2, -0.15) is 0 Å². The molecule has 1 saturated carbocycles. The minimum Gasteiger partial charge on any atom is -0.504 e. The molecule has 3 atom stereocenters. The van der Waals surface area contributed by atoms with Gasteiger partial charge in [-0.25, -0.2) is 4.79 Å². The number of aliphatic carboxylic acids is 1. The van der Waals surface area contributed by atoms with Crippen LogP contribution in [0, 0.1) is 5.92 Å². The number of phenolic OH excluding ortho intramolecular Hbond substituents is 2. The molecule has 1 aromatic carbocycles. The van der Waals surface area contributed by atoms with Crippen LogP contribution >= 0.6 is 0 Å². The van der Waals surface area contributed by atoms with E-state index in [4.69, 9.17) is 15.2 Å². The first-order valence-electron chi connectivity index (χ1n) is 10.0. The molecule has 1 fully saturated rings. The molecule has 0 aliphatic heterocycles. The molecule has 0 radical (unpaired) electrons. The fourth-order valence-corrected chi connectivity index (χ4v) is 3.64. The van der Waals surface area contributed by atoms with Crippen LogP contribution in [0.15, 0.2) is 18.2 Å². The van der Waals surface area contributed by atoms with Gasteiger partial charge in [-0.3, -0.25) is 4.79 Å². The summed E-state index contributed by atoms with van der Waals surface area (Å²) < 4.78 is 10.7. The molecule has 0 amide bonds. The number of carboxylic acids is 1. The minimum atomic E-state index is -1.76. The van der Waals surface area contributed by atoms with Gasteiger partial charge in [0.05, 0.1) is 0 Å². The third-order valence-electron chi connectivity index (χ3n) is 5.80. The summed E-state index contributed by atoms with van der Waals surface area (Å²) in [5.41, 5.74) is 4.89. The Morgan fingerprint density at radius 3 is 2.31 bits per heavy atom. The van der Waals surface area contributed by atoms with Gasteiger partial charge in [-0.15, -0.1) is 0 Å². The summed E-state index contributed by atoms with van der Waals surface area (Å²) >= 11 is 0. The van der Waals surface area contributed by atoms with E-state index in [2.05, 4.69) is 0 Å². The van der Waals surface area contributed by atoms with Gasteiger partial charge in [0.15, 0.2) is 11.5 Å². The summed E-state index contributed by atoms with van der Waals surface area (Å²) in [4.78, 5) is 24.1. The van der Waals surface area contributed by atoms with E-state index in [0.29, 0.717) is 5.56 Å². The van der Waals surface area contributed by atoms with Gasteiger partial charge in [0, 0.05) is 12.3 Å². The normalized spacial score (nSPS) is 19.4. The Bertz CT molecular complexity index is 715. The lowest BCUT2D eigenvalue weighted by Crippen LogP contribution is -2.58. The molecule has 0 saturated heterocycles. The molecule has 1 aliphatic carbocycles. The molecule has 0 aromatic heterocycles. The van der Waals surface area contributed by atoms with Crippen molar-refractivity contribution in [1.29, 1.82) is 0 Å². The van der Waals surface area contributed by atoms with Crippen molar-refractivity contribution in [2.75, 3.05) is 0 Å².